The topological polar surface area (TPSA) is 88.4 Å². The molecule has 0 saturated heterocycles. The first-order chi connectivity index (χ1) is 21.2. The van der Waals surface area contributed by atoms with Crippen molar-refractivity contribution in [3.05, 3.63) is 120 Å². The number of rotatable bonds is 20. The van der Waals surface area contributed by atoms with Crippen molar-refractivity contribution in [1.82, 2.24) is 19.9 Å². The van der Waals surface area contributed by atoms with Crippen LogP contribution in [-0.4, -0.2) is 56.7 Å². The molecule has 3 aromatic heterocycles. The Morgan fingerprint density at radius 1 is 0.605 bits per heavy atom. The molecule has 0 spiro atoms. The minimum Gasteiger partial charge on any atom is -0.494 e. The summed E-state index contributed by atoms with van der Waals surface area (Å²) in [6.45, 7) is 2.19. The number of aryl methyl sites for hydroxylation is 3. The number of carboxylic acids is 1. The highest BCUT2D eigenvalue weighted by atomic mass is 16.5. The summed E-state index contributed by atoms with van der Waals surface area (Å²) in [6.07, 6.45) is 20.3. The minimum atomic E-state index is -0.766. The lowest BCUT2D eigenvalue weighted by molar-refractivity contribution is -0.143. The first-order valence-electron chi connectivity index (χ1n) is 15.5. The molecule has 0 saturated carbocycles. The lowest BCUT2D eigenvalue weighted by Gasteiger charge is -2.29. The molecule has 7 nitrogen and oxygen atoms in total. The average molecular weight is 581 g/mol. The van der Waals surface area contributed by atoms with Crippen LogP contribution in [0.5, 0.6) is 5.75 Å². The third-order valence-electron chi connectivity index (χ3n) is 7.78. The predicted molar refractivity (Wildman–Crippen MR) is 170 cm³/mol. The fourth-order valence-electron chi connectivity index (χ4n) is 5.30. The molecule has 0 amide bonds. The van der Waals surface area contributed by atoms with Crippen molar-refractivity contribution in [1.29, 1.82) is 0 Å². The summed E-state index contributed by atoms with van der Waals surface area (Å²) in [6, 6.07) is 19.7. The lowest BCUT2D eigenvalue weighted by atomic mass is 10.0. The minimum absolute atomic E-state index is 0.469. The molecule has 1 atom stereocenters. The van der Waals surface area contributed by atoms with Crippen LogP contribution in [0.4, 0.5) is 0 Å². The van der Waals surface area contributed by atoms with Crippen molar-refractivity contribution in [2.24, 2.45) is 0 Å². The van der Waals surface area contributed by atoms with Crippen LogP contribution in [0.1, 0.15) is 60.8 Å². The Kier molecular flexibility index (Phi) is 13.6. The van der Waals surface area contributed by atoms with E-state index in [0.29, 0.717) is 13.0 Å². The van der Waals surface area contributed by atoms with E-state index in [1.54, 1.807) is 0 Å². The van der Waals surface area contributed by atoms with Crippen molar-refractivity contribution in [2.45, 2.75) is 70.3 Å². The largest absolute Gasteiger partial charge is 0.494 e. The molecular weight excluding hydrogens is 536 g/mol. The van der Waals surface area contributed by atoms with E-state index in [-0.39, 0.29) is 0 Å². The number of aliphatic carboxylic acids is 1. The number of pyridine rings is 3. The zero-order valence-corrected chi connectivity index (χ0v) is 25.1. The predicted octanol–water partition coefficient (Wildman–Crippen LogP) is 6.62. The lowest BCUT2D eigenvalue weighted by Crippen LogP contribution is -2.44. The number of carbonyl (C=O) groups is 1. The van der Waals surface area contributed by atoms with E-state index in [1.165, 1.54) is 16.7 Å². The van der Waals surface area contributed by atoms with E-state index in [1.807, 2.05) is 85.7 Å². The van der Waals surface area contributed by atoms with E-state index in [4.69, 9.17) is 4.74 Å². The molecule has 3 heterocycles. The van der Waals surface area contributed by atoms with Gasteiger partial charge in [-0.1, -0.05) is 12.1 Å². The van der Waals surface area contributed by atoms with Gasteiger partial charge in [0.05, 0.1) is 6.61 Å². The van der Waals surface area contributed by atoms with Crippen LogP contribution < -0.4 is 4.74 Å². The van der Waals surface area contributed by atoms with Gasteiger partial charge in [-0.25, -0.2) is 0 Å². The maximum atomic E-state index is 12.5. The molecule has 1 N–H and O–H groups in total. The van der Waals surface area contributed by atoms with Crippen LogP contribution in [-0.2, 0) is 30.5 Å². The van der Waals surface area contributed by atoms with Crippen molar-refractivity contribution in [2.75, 3.05) is 19.7 Å². The second kappa shape index (κ2) is 18.4. The van der Waals surface area contributed by atoms with Gasteiger partial charge in [0.25, 0.3) is 0 Å². The van der Waals surface area contributed by atoms with E-state index in [2.05, 4.69) is 32.0 Å². The molecule has 0 unspecified atom stereocenters. The molecule has 0 radical (unpaired) electrons. The Hall–Kier alpha value is -4.10. The number of nitrogens with zero attached hydrogens (tertiary/aromatic N) is 4. The molecule has 0 aliphatic carbocycles. The molecule has 4 aromatic rings. The van der Waals surface area contributed by atoms with Gasteiger partial charge in [-0.2, -0.15) is 0 Å². The summed E-state index contributed by atoms with van der Waals surface area (Å²) in [7, 11) is 0. The molecule has 0 aliphatic rings. The summed E-state index contributed by atoms with van der Waals surface area (Å²) >= 11 is 0. The van der Waals surface area contributed by atoms with E-state index in [0.717, 1.165) is 82.2 Å². The smallest absolute Gasteiger partial charge is 0.321 e. The number of ether oxygens (including phenoxy) is 1. The highest BCUT2D eigenvalue weighted by molar-refractivity contribution is 5.74. The maximum absolute atomic E-state index is 12.5. The third-order valence-corrected chi connectivity index (χ3v) is 7.78. The van der Waals surface area contributed by atoms with Gasteiger partial charge in [-0.05, 0) is 148 Å². The van der Waals surface area contributed by atoms with Gasteiger partial charge in [0, 0.05) is 37.2 Å². The van der Waals surface area contributed by atoms with E-state index < -0.39 is 12.0 Å². The number of hydrogen-bond acceptors (Lipinski definition) is 6. The quantitative estimate of drug-likeness (QED) is 0.118. The molecule has 43 heavy (non-hydrogen) atoms. The summed E-state index contributed by atoms with van der Waals surface area (Å²) in [5.74, 6) is 0.0569. The van der Waals surface area contributed by atoms with Crippen LogP contribution in [0.25, 0.3) is 0 Å². The Labute approximate surface area is 256 Å². The molecule has 226 valence electrons. The van der Waals surface area contributed by atoms with Gasteiger partial charge >= 0.3 is 5.97 Å². The van der Waals surface area contributed by atoms with Gasteiger partial charge in [-0.15, -0.1) is 0 Å². The van der Waals surface area contributed by atoms with Crippen LogP contribution >= 0.6 is 0 Å². The Morgan fingerprint density at radius 2 is 1.05 bits per heavy atom. The number of hydrogen-bond donors (Lipinski definition) is 1. The summed E-state index contributed by atoms with van der Waals surface area (Å²) < 4.78 is 5.96. The monoisotopic (exact) mass is 580 g/mol. The van der Waals surface area contributed by atoms with Gasteiger partial charge in [-0.3, -0.25) is 24.6 Å². The Balaban J connectivity index is 1.27. The van der Waals surface area contributed by atoms with Crippen molar-refractivity contribution in [3.63, 3.8) is 0 Å². The summed E-state index contributed by atoms with van der Waals surface area (Å²) in [5.41, 5.74) is 4.84. The normalized spacial score (nSPS) is 11.8. The van der Waals surface area contributed by atoms with Crippen LogP contribution in [0, 0.1) is 0 Å². The number of unbranched alkanes of at least 4 members (excludes halogenated alkanes) is 3. The van der Waals surface area contributed by atoms with Crippen molar-refractivity contribution >= 4 is 5.97 Å². The molecule has 4 rings (SSSR count). The molecule has 0 fully saturated rings. The molecule has 0 bridgehead atoms. The molecule has 7 heteroatoms. The zero-order valence-electron chi connectivity index (χ0n) is 25.1. The average Bonchev–Trinajstić information content (AvgIpc) is 3.05. The second-order valence-electron chi connectivity index (χ2n) is 11.0. The van der Waals surface area contributed by atoms with Crippen molar-refractivity contribution < 1.29 is 14.6 Å². The molecule has 1 aromatic carbocycles. The molecular formula is C36H44N4O3. The summed E-state index contributed by atoms with van der Waals surface area (Å²) in [4.78, 5) is 27.0. The van der Waals surface area contributed by atoms with Gasteiger partial charge < -0.3 is 9.84 Å². The zero-order chi connectivity index (χ0) is 30.0. The fraction of sp³-hybridized carbons (Fsp3) is 0.389. The maximum Gasteiger partial charge on any atom is 0.321 e. The highest BCUT2D eigenvalue weighted by Gasteiger charge is 2.25. The Morgan fingerprint density at radius 3 is 1.49 bits per heavy atom. The van der Waals surface area contributed by atoms with E-state index >= 15 is 0 Å². The van der Waals surface area contributed by atoms with Crippen molar-refractivity contribution in [3.8, 4) is 5.75 Å². The highest BCUT2D eigenvalue weighted by Crippen LogP contribution is 2.18. The number of aromatic nitrogens is 3. The summed E-state index contributed by atoms with van der Waals surface area (Å²) in [5, 5.41) is 10.3. The number of benzene rings is 1. The second-order valence-corrected chi connectivity index (χ2v) is 11.0. The van der Waals surface area contributed by atoms with Crippen LogP contribution in [0.3, 0.4) is 0 Å². The van der Waals surface area contributed by atoms with Gasteiger partial charge in [0.1, 0.15) is 11.8 Å². The van der Waals surface area contributed by atoms with E-state index in [9.17, 15) is 9.90 Å². The standard InChI is InChI=1S/C36H44N4O3/c41-36(42)35(29-33-10-12-34(13-11-33)43-28-6-3-9-32-18-24-39-25-19-32)40(26-4-1-7-30-14-20-37-21-15-30)27-5-2-8-31-16-22-38-23-17-31/h10-25,35H,1-9,26-29H2,(H,41,42)/t35-/m0/s1. The SMILES string of the molecule is O=C(O)[C@H](Cc1ccc(OCCCCc2ccncc2)cc1)N(CCCCc1ccncc1)CCCCc1ccncc1. The number of carboxylic acid groups (broad SMARTS) is 1. The third kappa shape index (κ3) is 12.0. The van der Waals surface area contributed by atoms with Gasteiger partial charge in [0.15, 0.2) is 0 Å². The van der Waals surface area contributed by atoms with Crippen LogP contribution in [0.2, 0.25) is 0 Å². The first kappa shape index (κ1) is 31.8. The molecule has 0 aliphatic heterocycles. The Bertz CT molecular complexity index is 1260. The van der Waals surface area contributed by atoms with Gasteiger partial charge in [0.2, 0.25) is 0 Å². The fourth-order valence-corrected chi connectivity index (χ4v) is 5.30. The first-order valence-corrected chi connectivity index (χ1v) is 15.5. The van der Waals surface area contributed by atoms with Crippen LogP contribution in [0.15, 0.2) is 97.8 Å².